The summed E-state index contributed by atoms with van der Waals surface area (Å²) in [5.41, 5.74) is 2.73. The Morgan fingerprint density at radius 2 is 1.77 bits per heavy atom. The molecular weight excluding hydrogens is 378 g/mol. The number of fused-ring (bicyclic) bond motifs is 1. The van der Waals surface area contributed by atoms with E-state index in [9.17, 15) is 4.79 Å². The topological polar surface area (TPSA) is 90.5 Å². The van der Waals surface area contributed by atoms with E-state index in [1.54, 1.807) is 0 Å². The van der Waals surface area contributed by atoms with Crippen molar-refractivity contribution in [2.24, 2.45) is 0 Å². The SMILES string of the molecule is O=C(Nc1ccc(-c2nnc3n2CCCCC3)cc1)c1cnn(-c2ccccc2)n1. The number of hydrogen-bond donors (Lipinski definition) is 1. The van der Waals surface area contributed by atoms with Crippen molar-refractivity contribution in [3.05, 3.63) is 72.3 Å². The number of benzene rings is 2. The van der Waals surface area contributed by atoms with Crippen molar-refractivity contribution in [1.29, 1.82) is 0 Å². The molecule has 2 aromatic heterocycles. The van der Waals surface area contributed by atoms with Crippen molar-refractivity contribution in [3.8, 4) is 17.1 Å². The van der Waals surface area contributed by atoms with E-state index in [0.29, 0.717) is 5.69 Å². The molecule has 8 nitrogen and oxygen atoms in total. The summed E-state index contributed by atoms with van der Waals surface area (Å²) in [7, 11) is 0. The van der Waals surface area contributed by atoms with Crippen molar-refractivity contribution >= 4 is 11.6 Å². The molecular formula is C22H21N7O. The molecule has 0 aliphatic carbocycles. The van der Waals surface area contributed by atoms with Gasteiger partial charge in [0.05, 0.1) is 11.9 Å². The first-order chi connectivity index (χ1) is 14.8. The van der Waals surface area contributed by atoms with E-state index in [1.807, 2.05) is 54.6 Å². The molecule has 8 heteroatoms. The number of nitrogens with one attached hydrogen (secondary N) is 1. The molecule has 1 aliphatic heterocycles. The number of aromatic nitrogens is 6. The number of nitrogens with zero attached hydrogens (tertiary/aromatic N) is 6. The second-order valence-electron chi connectivity index (χ2n) is 7.29. The number of para-hydroxylation sites is 1. The van der Waals surface area contributed by atoms with Crippen LogP contribution in [0, 0.1) is 0 Å². The van der Waals surface area contributed by atoms with Gasteiger partial charge in [0.1, 0.15) is 5.82 Å². The zero-order valence-electron chi connectivity index (χ0n) is 16.4. The minimum absolute atomic E-state index is 0.255. The number of carbonyl (C=O) groups is 1. The number of rotatable bonds is 4. The third kappa shape index (κ3) is 3.59. The van der Waals surface area contributed by atoms with Crippen LogP contribution in [0.1, 0.15) is 35.6 Å². The van der Waals surface area contributed by atoms with Crippen molar-refractivity contribution in [3.63, 3.8) is 0 Å². The van der Waals surface area contributed by atoms with Crippen LogP contribution in [0.2, 0.25) is 0 Å². The van der Waals surface area contributed by atoms with Gasteiger partial charge in [-0.2, -0.15) is 9.90 Å². The van der Waals surface area contributed by atoms with Gasteiger partial charge in [-0.1, -0.05) is 24.6 Å². The van der Waals surface area contributed by atoms with Gasteiger partial charge < -0.3 is 9.88 Å². The van der Waals surface area contributed by atoms with Crippen LogP contribution in [-0.2, 0) is 13.0 Å². The fourth-order valence-corrected chi connectivity index (χ4v) is 3.65. The zero-order valence-corrected chi connectivity index (χ0v) is 16.4. The van der Waals surface area contributed by atoms with E-state index in [1.165, 1.54) is 17.4 Å². The van der Waals surface area contributed by atoms with Gasteiger partial charge in [0, 0.05) is 24.2 Å². The summed E-state index contributed by atoms with van der Waals surface area (Å²) in [6, 6.07) is 17.1. The van der Waals surface area contributed by atoms with E-state index >= 15 is 0 Å². The van der Waals surface area contributed by atoms with Crippen LogP contribution >= 0.6 is 0 Å². The molecule has 0 spiro atoms. The lowest BCUT2D eigenvalue weighted by Gasteiger charge is -2.08. The summed E-state index contributed by atoms with van der Waals surface area (Å²) in [6.45, 7) is 0.952. The monoisotopic (exact) mass is 399 g/mol. The largest absolute Gasteiger partial charge is 0.321 e. The molecule has 0 fully saturated rings. The molecule has 2 aromatic carbocycles. The zero-order chi connectivity index (χ0) is 20.3. The average molecular weight is 399 g/mol. The van der Waals surface area contributed by atoms with Crippen molar-refractivity contribution in [2.45, 2.75) is 32.2 Å². The summed E-state index contributed by atoms with van der Waals surface area (Å²) in [4.78, 5) is 14.0. The van der Waals surface area contributed by atoms with E-state index < -0.39 is 0 Å². The summed E-state index contributed by atoms with van der Waals surface area (Å²) in [5.74, 6) is 1.64. The maximum atomic E-state index is 12.5. The first kappa shape index (κ1) is 18.2. The van der Waals surface area contributed by atoms with E-state index in [-0.39, 0.29) is 11.6 Å². The molecule has 1 amide bonds. The van der Waals surface area contributed by atoms with Crippen LogP contribution in [0.15, 0.2) is 60.8 Å². The van der Waals surface area contributed by atoms with E-state index in [0.717, 1.165) is 48.7 Å². The minimum Gasteiger partial charge on any atom is -0.321 e. The quantitative estimate of drug-likeness (QED) is 0.567. The minimum atomic E-state index is -0.304. The summed E-state index contributed by atoms with van der Waals surface area (Å²) < 4.78 is 2.21. The first-order valence-corrected chi connectivity index (χ1v) is 10.1. The predicted molar refractivity (Wildman–Crippen MR) is 112 cm³/mol. The molecule has 3 heterocycles. The van der Waals surface area contributed by atoms with Crippen molar-refractivity contribution < 1.29 is 4.79 Å². The molecule has 0 bridgehead atoms. The molecule has 0 radical (unpaired) electrons. The molecule has 0 saturated carbocycles. The fourth-order valence-electron chi connectivity index (χ4n) is 3.65. The highest BCUT2D eigenvalue weighted by Crippen LogP contribution is 2.24. The highest BCUT2D eigenvalue weighted by Gasteiger charge is 2.16. The van der Waals surface area contributed by atoms with Crippen LogP contribution in [0.4, 0.5) is 5.69 Å². The molecule has 0 unspecified atom stereocenters. The van der Waals surface area contributed by atoms with Gasteiger partial charge in [0.15, 0.2) is 11.5 Å². The summed E-state index contributed by atoms with van der Waals surface area (Å²) in [5, 5.41) is 20.0. The third-order valence-electron chi connectivity index (χ3n) is 5.22. The first-order valence-electron chi connectivity index (χ1n) is 10.1. The normalized spacial score (nSPS) is 13.5. The predicted octanol–water partition coefficient (Wildman–Crippen LogP) is 3.50. The smallest absolute Gasteiger partial charge is 0.277 e. The maximum Gasteiger partial charge on any atom is 0.277 e. The van der Waals surface area contributed by atoms with Gasteiger partial charge in [-0.15, -0.1) is 15.3 Å². The maximum absolute atomic E-state index is 12.5. The lowest BCUT2D eigenvalue weighted by atomic mass is 10.2. The molecule has 30 heavy (non-hydrogen) atoms. The molecule has 0 saturated heterocycles. The van der Waals surface area contributed by atoms with Crippen molar-refractivity contribution in [2.75, 3.05) is 5.32 Å². The van der Waals surface area contributed by atoms with Gasteiger partial charge in [0.2, 0.25) is 0 Å². The van der Waals surface area contributed by atoms with Crippen LogP contribution in [0.25, 0.3) is 17.1 Å². The standard InChI is InChI=1S/C22H21N7O/c30-22(19-15-23-29(27-19)18-7-3-1-4-8-18)24-17-12-10-16(11-13-17)21-26-25-20-9-5-2-6-14-28(20)21/h1,3-4,7-8,10-13,15H,2,5-6,9,14H2,(H,24,30). The van der Waals surface area contributed by atoms with E-state index in [2.05, 4.69) is 30.3 Å². The number of amides is 1. The van der Waals surface area contributed by atoms with Gasteiger partial charge in [0.25, 0.3) is 5.91 Å². The lowest BCUT2D eigenvalue weighted by Crippen LogP contribution is -2.13. The molecule has 1 N–H and O–H groups in total. The Hall–Kier alpha value is -3.81. The number of aryl methyl sites for hydroxylation is 1. The van der Waals surface area contributed by atoms with Gasteiger partial charge in [-0.3, -0.25) is 4.79 Å². The average Bonchev–Trinajstić information content (AvgIpc) is 3.37. The highest BCUT2D eigenvalue weighted by atomic mass is 16.2. The Bertz CT molecular complexity index is 1160. The second-order valence-corrected chi connectivity index (χ2v) is 7.29. The van der Waals surface area contributed by atoms with Crippen LogP contribution in [0.3, 0.4) is 0 Å². The lowest BCUT2D eigenvalue weighted by molar-refractivity contribution is 0.102. The van der Waals surface area contributed by atoms with Crippen LogP contribution in [-0.4, -0.2) is 35.7 Å². The summed E-state index contributed by atoms with van der Waals surface area (Å²) in [6.07, 6.45) is 5.98. The third-order valence-corrected chi connectivity index (χ3v) is 5.22. The number of anilines is 1. The molecule has 1 aliphatic rings. The number of carbonyl (C=O) groups excluding carboxylic acids is 1. The Balaban J connectivity index is 1.30. The Morgan fingerprint density at radius 1 is 0.933 bits per heavy atom. The highest BCUT2D eigenvalue weighted by molar-refractivity contribution is 6.02. The Kier molecular flexibility index (Phi) is 4.80. The Labute approximate surface area is 173 Å². The van der Waals surface area contributed by atoms with Gasteiger partial charge in [-0.05, 0) is 49.2 Å². The van der Waals surface area contributed by atoms with Gasteiger partial charge >= 0.3 is 0 Å². The molecule has 150 valence electrons. The van der Waals surface area contributed by atoms with E-state index in [4.69, 9.17) is 0 Å². The molecule has 5 rings (SSSR count). The fraction of sp³-hybridized carbons (Fsp3) is 0.227. The molecule has 4 aromatic rings. The van der Waals surface area contributed by atoms with Crippen molar-refractivity contribution in [1.82, 2.24) is 29.8 Å². The summed E-state index contributed by atoms with van der Waals surface area (Å²) >= 11 is 0. The molecule has 0 atom stereocenters. The van der Waals surface area contributed by atoms with Gasteiger partial charge in [-0.25, -0.2) is 0 Å². The number of hydrogen-bond acceptors (Lipinski definition) is 5. The van der Waals surface area contributed by atoms with Crippen LogP contribution < -0.4 is 5.32 Å². The van der Waals surface area contributed by atoms with Crippen LogP contribution in [0.5, 0.6) is 0 Å². The second kappa shape index (κ2) is 7.90. The Morgan fingerprint density at radius 3 is 2.60 bits per heavy atom.